The van der Waals surface area contributed by atoms with E-state index in [9.17, 15) is 9.59 Å². The summed E-state index contributed by atoms with van der Waals surface area (Å²) in [6.07, 6.45) is 2.32. The van der Waals surface area contributed by atoms with Gasteiger partial charge in [0.15, 0.2) is 0 Å². The molecule has 0 radical (unpaired) electrons. The lowest BCUT2D eigenvalue weighted by Crippen LogP contribution is -2.22. The van der Waals surface area contributed by atoms with Crippen LogP contribution in [0.4, 0.5) is 0 Å². The third kappa shape index (κ3) is 3.54. The standard InChI is InChI=1S/C19H16N4O3/c1-26-18(24)11-6-14-2-9-17(10-3-14)23-19(25)22(13-21-23)16-7-4-15(12-20)5-8-16/h2-5,7-10,13H,6,11H2,1H3. The molecule has 0 aliphatic carbocycles. The van der Waals surface area contributed by atoms with Gasteiger partial charge >= 0.3 is 11.7 Å². The number of aromatic nitrogens is 3. The van der Waals surface area contributed by atoms with E-state index in [0.29, 0.717) is 29.8 Å². The Morgan fingerprint density at radius 2 is 1.77 bits per heavy atom. The van der Waals surface area contributed by atoms with E-state index in [1.807, 2.05) is 18.2 Å². The number of aryl methyl sites for hydroxylation is 1. The van der Waals surface area contributed by atoms with Gasteiger partial charge in [0.05, 0.1) is 30.1 Å². The highest BCUT2D eigenvalue weighted by Crippen LogP contribution is 2.11. The Labute approximate surface area is 149 Å². The first kappa shape index (κ1) is 17.2. The molecule has 1 heterocycles. The molecule has 26 heavy (non-hydrogen) atoms. The van der Waals surface area contributed by atoms with Gasteiger partial charge in [-0.25, -0.2) is 9.36 Å². The second-order valence-electron chi connectivity index (χ2n) is 5.60. The number of carbonyl (C=O) groups excluding carboxylic acids is 1. The molecule has 0 aliphatic rings. The summed E-state index contributed by atoms with van der Waals surface area (Å²) in [5.41, 5.74) is 2.45. The van der Waals surface area contributed by atoms with Crippen LogP contribution in [-0.2, 0) is 16.0 Å². The lowest BCUT2D eigenvalue weighted by molar-refractivity contribution is -0.140. The molecule has 0 unspecified atom stereocenters. The lowest BCUT2D eigenvalue weighted by Gasteiger charge is -2.04. The smallest absolute Gasteiger partial charge is 0.355 e. The van der Waals surface area contributed by atoms with Crippen LogP contribution in [0.2, 0.25) is 0 Å². The van der Waals surface area contributed by atoms with Crippen LogP contribution in [0.3, 0.4) is 0 Å². The van der Waals surface area contributed by atoms with Gasteiger partial charge in [-0.15, -0.1) is 0 Å². The molecule has 0 atom stereocenters. The third-order valence-corrected chi connectivity index (χ3v) is 3.97. The number of ether oxygens (including phenoxy) is 1. The predicted octanol–water partition coefficient (Wildman–Crippen LogP) is 2.00. The van der Waals surface area contributed by atoms with Gasteiger partial charge in [0.1, 0.15) is 6.33 Å². The number of nitrogens with zero attached hydrogens (tertiary/aromatic N) is 4. The van der Waals surface area contributed by atoms with E-state index in [-0.39, 0.29) is 11.7 Å². The van der Waals surface area contributed by atoms with Crippen molar-refractivity contribution in [2.45, 2.75) is 12.8 Å². The molecular formula is C19H16N4O3. The number of hydrogen-bond acceptors (Lipinski definition) is 5. The van der Waals surface area contributed by atoms with E-state index in [2.05, 4.69) is 9.84 Å². The first-order valence-electron chi connectivity index (χ1n) is 7.95. The summed E-state index contributed by atoms with van der Waals surface area (Å²) in [5, 5.41) is 13.0. The summed E-state index contributed by atoms with van der Waals surface area (Å²) in [7, 11) is 1.36. The van der Waals surface area contributed by atoms with Crippen molar-refractivity contribution in [2.24, 2.45) is 0 Å². The van der Waals surface area contributed by atoms with Crippen molar-refractivity contribution in [3.63, 3.8) is 0 Å². The van der Waals surface area contributed by atoms with Gasteiger partial charge in [0, 0.05) is 6.42 Å². The monoisotopic (exact) mass is 348 g/mol. The van der Waals surface area contributed by atoms with E-state index in [4.69, 9.17) is 5.26 Å². The minimum absolute atomic E-state index is 0.258. The quantitative estimate of drug-likeness (QED) is 0.658. The lowest BCUT2D eigenvalue weighted by atomic mass is 10.1. The highest BCUT2D eigenvalue weighted by atomic mass is 16.5. The van der Waals surface area contributed by atoms with Crippen molar-refractivity contribution < 1.29 is 9.53 Å². The molecule has 0 fully saturated rings. The van der Waals surface area contributed by atoms with Crippen molar-refractivity contribution in [3.05, 3.63) is 76.5 Å². The Kier molecular flexibility index (Phi) is 4.94. The second kappa shape index (κ2) is 7.49. The van der Waals surface area contributed by atoms with Crippen LogP contribution in [0.5, 0.6) is 0 Å². The van der Waals surface area contributed by atoms with Crippen LogP contribution in [-0.4, -0.2) is 27.4 Å². The fourth-order valence-electron chi connectivity index (χ4n) is 2.51. The summed E-state index contributed by atoms with van der Waals surface area (Å²) in [6, 6.07) is 16.0. The average molecular weight is 348 g/mol. The highest BCUT2D eigenvalue weighted by Gasteiger charge is 2.09. The molecule has 130 valence electrons. The van der Waals surface area contributed by atoms with Crippen LogP contribution < -0.4 is 5.69 Å². The van der Waals surface area contributed by atoms with E-state index >= 15 is 0 Å². The molecule has 0 saturated carbocycles. The zero-order valence-electron chi connectivity index (χ0n) is 14.1. The molecule has 0 amide bonds. The maximum atomic E-state index is 12.6. The zero-order chi connectivity index (χ0) is 18.5. The molecular weight excluding hydrogens is 332 g/mol. The molecule has 0 saturated heterocycles. The summed E-state index contributed by atoms with van der Waals surface area (Å²) in [4.78, 5) is 23.8. The number of rotatable bonds is 5. The molecule has 2 aromatic carbocycles. The largest absolute Gasteiger partial charge is 0.469 e. The van der Waals surface area contributed by atoms with Crippen LogP contribution in [0.15, 0.2) is 59.7 Å². The third-order valence-electron chi connectivity index (χ3n) is 3.97. The Bertz CT molecular complexity index is 1010. The fraction of sp³-hybridized carbons (Fsp3) is 0.158. The molecule has 7 nitrogen and oxygen atoms in total. The number of benzene rings is 2. The molecule has 0 spiro atoms. The van der Waals surface area contributed by atoms with E-state index < -0.39 is 0 Å². The molecule has 7 heteroatoms. The Hall–Kier alpha value is -3.66. The first-order valence-corrected chi connectivity index (χ1v) is 7.95. The maximum Gasteiger partial charge on any atom is 0.355 e. The first-order chi connectivity index (χ1) is 12.6. The van der Waals surface area contributed by atoms with Crippen molar-refractivity contribution in [1.29, 1.82) is 5.26 Å². The minimum Gasteiger partial charge on any atom is -0.469 e. The van der Waals surface area contributed by atoms with Gasteiger partial charge in [0.2, 0.25) is 0 Å². The van der Waals surface area contributed by atoms with Gasteiger partial charge in [0.25, 0.3) is 0 Å². The summed E-state index contributed by atoms with van der Waals surface area (Å²) in [5.74, 6) is -0.258. The van der Waals surface area contributed by atoms with Crippen molar-refractivity contribution >= 4 is 5.97 Å². The fourth-order valence-corrected chi connectivity index (χ4v) is 2.51. The highest BCUT2D eigenvalue weighted by molar-refractivity contribution is 5.69. The van der Waals surface area contributed by atoms with Gasteiger partial charge in [-0.2, -0.15) is 15.0 Å². The Balaban J connectivity index is 1.82. The van der Waals surface area contributed by atoms with E-state index in [1.54, 1.807) is 36.4 Å². The predicted molar refractivity (Wildman–Crippen MR) is 94.2 cm³/mol. The van der Waals surface area contributed by atoms with Crippen LogP contribution >= 0.6 is 0 Å². The molecule has 1 aromatic heterocycles. The van der Waals surface area contributed by atoms with Gasteiger partial charge in [-0.3, -0.25) is 4.79 Å². The number of hydrogen-bond donors (Lipinski definition) is 0. The van der Waals surface area contributed by atoms with Crippen molar-refractivity contribution in [3.8, 4) is 17.4 Å². The molecule has 0 N–H and O–H groups in total. The maximum absolute atomic E-state index is 12.6. The SMILES string of the molecule is COC(=O)CCc1ccc(-n2ncn(-c3ccc(C#N)cc3)c2=O)cc1. The van der Waals surface area contributed by atoms with Crippen LogP contribution in [0, 0.1) is 11.3 Å². The zero-order valence-corrected chi connectivity index (χ0v) is 14.1. The number of esters is 1. The summed E-state index contributed by atoms with van der Waals surface area (Å²) >= 11 is 0. The van der Waals surface area contributed by atoms with E-state index in [0.717, 1.165) is 5.56 Å². The number of carbonyl (C=O) groups is 1. The van der Waals surface area contributed by atoms with Crippen LogP contribution in [0.25, 0.3) is 11.4 Å². The molecule has 3 aromatic rings. The van der Waals surface area contributed by atoms with Gasteiger partial charge in [-0.05, 0) is 48.4 Å². The molecule has 0 aliphatic heterocycles. The van der Waals surface area contributed by atoms with Crippen molar-refractivity contribution in [2.75, 3.05) is 7.11 Å². The van der Waals surface area contributed by atoms with E-state index in [1.165, 1.54) is 22.7 Å². The Morgan fingerprint density at radius 3 is 2.38 bits per heavy atom. The number of methoxy groups -OCH3 is 1. The average Bonchev–Trinajstić information content (AvgIpc) is 3.08. The van der Waals surface area contributed by atoms with Gasteiger partial charge in [-0.1, -0.05) is 12.1 Å². The molecule has 3 rings (SSSR count). The van der Waals surface area contributed by atoms with Gasteiger partial charge < -0.3 is 4.74 Å². The minimum atomic E-state index is -0.308. The van der Waals surface area contributed by atoms with Crippen molar-refractivity contribution in [1.82, 2.24) is 14.3 Å². The molecule has 0 bridgehead atoms. The second-order valence-corrected chi connectivity index (χ2v) is 5.60. The number of nitriles is 1. The summed E-state index contributed by atoms with van der Waals surface area (Å²) in [6.45, 7) is 0. The summed E-state index contributed by atoms with van der Waals surface area (Å²) < 4.78 is 7.33. The normalized spacial score (nSPS) is 10.3. The topological polar surface area (TPSA) is 89.9 Å². The Morgan fingerprint density at radius 1 is 1.12 bits per heavy atom. The van der Waals surface area contributed by atoms with Crippen LogP contribution in [0.1, 0.15) is 17.5 Å².